The van der Waals surface area contributed by atoms with Crippen LogP contribution in [-0.2, 0) is 0 Å². The van der Waals surface area contributed by atoms with Crippen LogP contribution in [0.3, 0.4) is 0 Å². The van der Waals surface area contributed by atoms with Crippen LogP contribution in [-0.4, -0.2) is 16.4 Å². The van der Waals surface area contributed by atoms with E-state index >= 15 is 0 Å². The molecule has 1 N–H and O–H groups in total. The van der Waals surface area contributed by atoms with Crippen LogP contribution in [0.2, 0.25) is 0 Å². The lowest BCUT2D eigenvalue weighted by Gasteiger charge is -2.27. The molecule has 2 aromatic rings. The number of carbonyl (C=O) groups excluding carboxylic acids is 1. The van der Waals surface area contributed by atoms with E-state index in [0.717, 1.165) is 37.0 Å². The first-order chi connectivity index (χ1) is 11.1. The SMILES string of the molecule is CCC(C)(CC)NC(=O)c1nc(-c2ccccc2)oc1C1CC1. The zero-order valence-electron chi connectivity index (χ0n) is 14.1. The number of hydrogen-bond donors (Lipinski definition) is 1. The second-order valence-corrected chi connectivity index (χ2v) is 6.59. The molecule has 4 nitrogen and oxygen atoms in total. The minimum atomic E-state index is -0.205. The Balaban J connectivity index is 1.92. The predicted octanol–water partition coefficient (Wildman–Crippen LogP) is 4.53. The van der Waals surface area contributed by atoms with Crippen molar-refractivity contribution in [2.24, 2.45) is 0 Å². The molecule has 0 atom stereocenters. The Labute approximate surface area is 137 Å². The third-order valence-corrected chi connectivity index (χ3v) is 4.81. The van der Waals surface area contributed by atoms with Gasteiger partial charge in [0.2, 0.25) is 5.89 Å². The molecular formula is C19H24N2O2. The zero-order chi connectivity index (χ0) is 16.4. The Morgan fingerprint density at radius 3 is 2.48 bits per heavy atom. The van der Waals surface area contributed by atoms with Gasteiger partial charge in [-0.25, -0.2) is 4.98 Å². The van der Waals surface area contributed by atoms with Gasteiger partial charge in [-0.05, 0) is 44.7 Å². The zero-order valence-corrected chi connectivity index (χ0v) is 14.1. The Morgan fingerprint density at radius 1 is 1.26 bits per heavy atom. The number of nitrogens with one attached hydrogen (secondary N) is 1. The van der Waals surface area contributed by atoms with Crippen LogP contribution in [0.15, 0.2) is 34.7 Å². The molecule has 3 rings (SSSR count). The van der Waals surface area contributed by atoms with Crippen LogP contribution >= 0.6 is 0 Å². The molecule has 1 aromatic carbocycles. The maximum Gasteiger partial charge on any atom is 0.273 e. The molecule has 1 aliphatic carbocycles. The van der Waals surface area contributed by atoms with Crippen molar-refractivity contribution in [1.29, 1.82) is 0 Å². The van der Waals surface area contributed by atoms with Crippen LogP contribution in [0.25, 0.3) is 11.5 Å². The van der Waals surface area contributed by atoms with E-state index in [-0.39, 0.29) is 11.4 Å². The van der Waals surface area contributed by atoms with Crippen molar-refractivity contribution in [3.05, 3.63) is 41.8 Å². The highest BCUT2D eigenvalue weighted by molar-refractivity contribution is 5.94. The van der Waals surface area contributed by atoms with Gasteiger partial charge in [0.1, 0.15) is 5.76 Å². The van der Waals surface area contributed by atoms with Gasteiger partial charge in [0.15, 0.2) is 5.69 Å². The molecule has 0 aliphatic heterocycles. The Bertz CT molecular complexity index is 683. The molecule has 122 valence electrons. The van der Waals surface area contributed by atoms with Gasteiger partial charge < -0.3 is 9.73 Å². The summed E-state index contributed by atoms with van der Waals surface area (Å²) in [5.41, 5.74) is 1.16. The number of carbonyl (C=O) groups is 1. The molecule has 0 spiro atoms. The first-order valence-electron chi connectivity index (χ1n) is 8.45. The summed E-state index contributed by atoms with van der Waals surface area (Å²) >= 11 is 0. The molecule has 1 fully saturated rings. The summed E-state index contributed by atoms with van der Waals surface area (Å²) in [6.45, 7) is 6.24. The van der Waals surface area contributed by atoms with Gasteiger partial charge in [-0.1, -0.05) is 32.0 Å². The van der Waals surface area contributed by atoms with Gasteiger partial charge in [0.25, 0.3) is 5.91 Å². The summed E-state index contributed by atoms with van der Waals surface area (Å²) in [6.07, 6.45) is 3.92. The molecule has 0 radical (unpaired) electrons. The van der Waals surface area contributed by atoms with Gasteiger partial charge in [0, 0.05) is 17.0 Å². The fourth-order valence-corrected chi connectivity index (χ4v) is 2.58. The number of nitrogens with zero attached hydrogens (tertiary/aromatic N) is 1. The molecular weight excluding hydrogens is 288 g/mol. The van der Waals surface area contributed by atoms with Gasteiger partial charge in [-0.15, -0.1) is 0 Å². The lowest BCUT2D eigenvalue weighted by atomic mass is 9.95. The maximum absolute atomic E-state index is 12.7. The number of benzene rings is 1. The number of amides is 1. The second-order valence-electron chi connectivity index (χ2n) is 6.59. The molecule has 1 saturated carbocycles. The van der Waals surface area contributed by atoms with Crippen LogP contribution in [0.1, 0.15) is 68.6 Å². The van der Waals surface area contributed by atoms with E-state index in [1.54, 1.807) is 0 Å². The molecule has 1 amide bonds. The van der Waals surface area contributed by atoms with Crippen molar-refractivity contribution in [1.82, 2.24) is 10.3 Å². The molecule has 1 aliphatic rings. The average molecular weight is 312 g/mol. The first-order valence-corrected chi connectivity index (χ1v) is 8.45. The third kappa shape index (κ3) is 3.31. The molecule has 0 bridgehead atoms. The summed E-state index contributed by atoms with van der Waals surface area (Å²) in [6, 6.07) is 9.75. The van der Waals surface area contributed by atoms with Crippen LogP contribution in [0.5, 0.6) is 0 Å². The van der Waals surface area contributed by atoms with Crippen molar-refractivity contribution in [3.8, 4) is 11.5 Å². The van der Waals surface area contributed by atoms with Gasteiger partial charge in [-0.2, -0.15) is 0 Å². The molecule has 0 saturated heterocycles. The normalized spacial score (nSPS) is 14.7. The Morgan fingerprint density at radius 2 is 1.91 bits per heavy atom. The van der Waals surface area contributed by atoms with E-state index < -0.39 is 0 Å². The van der Waals surface area contributed by atoms with E-state index in [2.05, 4.69) is 31.1 Å². The summed E-state index contributed by atoms with van der Waals surface area (Å²) in [5.74, 6) is 1.50. The second kappa shape index (κ2) is 6.19. The molecule has 1 heterocycles. The fourth-order valence-electron chi connectivity index (χ4n) is 2.58. The van der Waals surface area contributed by atoms with Crippen molar-refractivity contribution in [2.75, 3.05) is 0 Å². The summed E-state index contributed by atoms with van der Waals surface area (Å²) in [7, 11) is 0. The van der Waals surface area contributed by atoms with E-state index in [1.165, 1.54) is 0 Å². The van der Waals surface area contributed by atoms with E-state index in [0.29, 0.717) is 17.5 Å². The van der Waals surface area contributed by atoms with E-state index in [9.17, 15) is 4.79 Å². The Kier molecular flexibility index (Phi) is 4.24. The van der Waals surface area contributed by atoms with Gasteiger partial charge in [-0.3, -0.25) is 4.79 Å². The molecule has 23 heavy (non-hydrogen) atoms. The van der Waals surface area contributed by atoms with Crippen molar-refractivity contribution in [2.45, 2.75) is 57.9 Å². The van der Waals surface area contributed by atoms with Gasteiger partial charge >= 0.3 is 0 Å². The smallest absolute Gasteiger partial charge is 0.273 e. The highest BCUT2D eigenvalue weighted by Crippen LogP contribution is 2.43. The van der Waals surface area contributed by atoms with Crippen LogP contribution < -0.4 is 5.32 Å². The highest BCUT2D eigenvalue weighted by Gasteiger charge is 2.35. The quantitative estimate of drug-likeness (QED) is 0.852. The van der Waals surface area contributed by atoms with Crippen molar-refractivity contribution in [3.63, 3.8) is 0 Å². The lowest BCUT2D eigenvalue weighted by molar-refractivity contribution is 0.0894. The fraction of sp³-hybridized carbons (Fsp3) is 0.474. The standard InChI is InChI=1S/C19H24N2O2/c1-4-19(3,5-2)21-17(22)15-16(13-11-12-13)23-18(20-15)14-9-7-6-8-10-14/h6-10,13H,4-5,11-12H2,1-3H3,(H,21,22). The summed E-state index contributed by atoms with van der Waals surface area (Å²) < 4.78 is 5.96. The predicted molar refractivity (Wildman–Crippen MR) is 90.4 cm³/mol. The minimum absolute atomic E-state index is 0.121. The van der Waals surface area contributed by atoms with Gasteiger partial charge in [0.05, 0.1) is 0 Å². The topological polar surface area (TPSA) is 55.1 Å². The number of rotatable bonds is 6. The monoisotopic (exact) mass is 312 g/mol. The number of hydrogen-bond acceptors (Lipinski definition) is 3. The van der Waals surface area contributed by atoms with Crippen molar-refractivity contribution < 1.29 is 9.21 Å². The molecule has 0 unspecified atom stereocenters. The molecule has 4 heteroatoms. The van der Waals surface area contributed by atoms with E-state index in [4.69, 9.17) is 4.42 Å². The molecule has 1 aromatic heterocycles. The Hall–Kier alpha value is -2.10. The maximum atomic E-state index is 12.7. The summed E-state index contributed by atoms with van der Waals surface area (Å²) in [4.78, 5) is 17.3. The highest BCUT2D eigenvalue weighted by atomic mass is 16.4. The average Bonchev–Trinajstić information content (AvgIpc) is 3.33. The van der Waals surface area contributed by atoms with E-state index in [1.807, 2.05) is 30.3 Å². The number of aromatic nitrogens is 1. The summed E-state index contributed by atoms with van der Waals surface area (Å²) in [5, 5.41) is 3.14. The first kappa shape index (κ1) is 15.8. The lowest BCUT2D eigenvalue weighted by Crippen LogP contribution is -2.45. The van der Waals surface area contributed by atoms with Crippen molar-refractivity contribution >= 4 is 5.91 Å². The van der Waals surface area contributed by atoms with Crippen LogP contribution in [0.4, 0.5) is 0 Å². The van der Waals surface area contributed by atoms with Crippen LogP contribution in [0, 0.1) is 0 Å². The number of oxazole rings is 1. The largest absolute Gasteiger partial charge is 0.440 e. The minimum Gasteiger partial charge on any atom is -0.440 e. The third-order valence-electron chi connectivity index (χ3n) is 4.81.